The highest BCUT2D eigenvalue weighted by Crippen LogP contribution is 2.40. The summed E-state index contributed by atoms with van der Waals surface area (Å²) in [4.78, 5) is 74.7. The summed E-state index contributed by atoms with van der Waals surface area (Å²) < 4.78 is 45.0. The molecule has 0 radical (unpaired) electrons. The number of hydrogen-bond donors (Lipinski definition) is 3. The maximum Gasteiger partial charge on any atom is 0.329 e. The summed E-state index contributed by atoms with van der Waals surface area (Å²) in [5.74, 6) is -8.07. The Bertz CT molecular complexity index is 2110. The van der Waals surface area contributed by atoms with Crippen LogP contribution in [-0.4, -0.2) is 161 Å². The van der Waals surface area contributed by atoms with E-state index in [1.807, 2.05) is 40.7 Å². The lowest BCUT2D eigenvalue weighted by Crippen LogP contribution is -2.61. The molecule has 0 aromatic rings. The van der Waals surface area contributed by atoms with E-state index in [-0.39, 0.29) is 67.3 Å². The molecule has 3 fully saturated rings. The molecule has 0 aromatic carbocycles. The molecule has 17 atom stereocenters. The molecule has 4 aliphatic rings. The minimum absolute atomic E-state index is 0.00894. The number of carbonyl (C=O) groups excluding carboxylic acids is 5. The van der Waals surface area contributed by atoms with E-state index in [4.69, 9.17) is 32.5 Å². The number of allylic oxidation sites excluding steroid dienone is 2. The standard InChI is InChI=1S/C63H109NO15Si2/c1-17-80(18-2,19-3)78-53-31-28-47(37-56(53)74-15)35-42(9)55-39-51(66)41(8)34-45(12)58(79-81(20-4,21-5)22-6)59(75-16)57(68)44(11)33-40(7)26-30-50(65)52(67)36-43(10)54(73-14)38-48-29-27-46(13)63(72,77-48)60(69)61(70)64-32-24-23-25-49(64)62(71)76-55/h26,30,34,36,40-42,44,46-50,52-56,58-59,65,67,72H,17-25,27-29,31-33,35,37-39H2,1-16H3/b30-26-,43-36-,45-34-/t40-,41-,42-,44-,46-,47+,48+,49+,50-,52-,53-,54+,55+,56-,58-,59+,63-/m1/s1. The third-order valence-electron chi connectivity index (χ3n) is 19.5. The molecular formula is C63H109NO15Si2. The van der Waals surface area contributed by atoms with Crippen molar-refractivity contribution in [1.29, 1.82) is 0 Å². The van der Waals surface area contributed by atoms with Gasteiger partial charge in [0.05, 0.1) is 30.5 Å². The first-order valence-electron chi connectivity index (χ1n) is 31.2. The van der Waals surface area contributed by atoms with Crippen LogP contribution in [0.4, 0.5) is 0 Å². The van der Waals surface area contributed by atoms with Gasteiger partial charge in [0.1, 0.15) is 36.2 Å². The number of piperidine rings is 1. The van der Waals surface area contributed by atoms with Gasteiger partial charge in [0.2, 0.25) is 5.79 Å². The van der Waals surface area contributed by atoms with Crippen LogP contribution in [0.2, 0.25) is 36.3 Å². The zero-order chi connectivity index (χ0) is 60.6. The predicted octanol–water partition coefficient (Wildman–Crippen LogP) is 10.4. The van der Waals surface area contributed by atoms with Crippen LogP contribution in [0.1, 0.15) is 167 Å². The van der Waals surface area contributed by atoms with Crippen molar-refractivity contribution in [1.82, 2.24) is 4.90 Å². The number of amides is 1. The summed E-state index contributed by atoms with van der Waals surface area (Å²) in [7, 11) is 0.415. The molecule has 18 heteroatoms. The number of methoxy groups -OCH3 is 3. The molecule has 3 heterocycles. The number of nitrogens with zero attached hydrogens (tertiary/aromatic N) is 1. The van der Waals surface area contributed by atoms with Crippen LogP contribution in [0.3, 0.4) is 0 Å². The van der Waals surface area contributed by atoms with Crippen molar-refractivity contribution in [3.8, 4) is 0 Å². The zero-order valence-electron chi connectivity index (χ0n) is 52.7. The van der Waals surface area contributed by atoms with E-state index in [1.165, 1.54) is 31.3 Å². The summed E-state index contributed by atoms with van der Waals surface area (Å²) in [6.07, 6.45) is 5.47. The average molecular weight is 1180 g/mol. The van der Waals surface area contributed by atoms with Crippen molar-refractivity contribution in [2.75, 3.05) is 27.9 Å². The number of cyclic esters (lactones) is 1. The Labute approximate surface area is 489 Å². The Morgan fingerprint density at radius 1 is 0.704 bits per heavy atom. The second-order valence-corrected chi connectivity index (χ2v) is 34.3. The van der Waals surface area contributed by atoms with Crippen LogP contribution in [0.25, 0.3) is 0 Å². The number of hydrogen-bond acceptors (Lipinski definition) is 15. The molecule has 1 aliphatic carbocycles. The Hall–Kier alpha value is -2.76. The van der Waals surface area contributed by atoms with Crippen molar-refractivity contribution in [3.63, 3.8) is 0 Å². The molecule has 81 heavy (non-hydrogen) atoms. The second-order valence-electron chi connectivity index (χ2n) is 24.9. The lowest BCUT2D eigenvalue weighted by Gasteiger charge is -2.43. The van der Waals surface area contributed by atoms with E-state index >= 15 is 0 Å². The fourth-order valence-electron chi connectivity index (χ4n) is 13.2. The van der Waals surface area contributed by atoms with Gasteiger partial charge >= 0.3 is 5.97 Å². The number of Topliss-reactive ketones (excluding diaryl/α,β-unsaturated/α-hetero) is 3. The Morgan fingerprint density at radius 2 is 1.33 bits per heavy atom. The van der Waals surface area contributed by atoms with Crippen LogP contribution < -0.4 is 0 Å². The number of aliphatic hydroxyl groups excluding tert-OH is 2. The highest BCUT2D eigenvalue weighted by Gasteiger charge is 2.53. The van der Waals surface area contributed by atoms with Gasteiger partial charge in [0.15, 0.2) is 22.4 Å². The first-order chi connectivity index (χ1) is 38.3. The second kappa shape index (κ2) is 32.7. The van der Waals surface area contributed by atoms with Gasteiger partial charge in [0.25, 0.3) is 11.7 Å². The van der Waals surface area contributed by atoms with E-state index in [0.717, 1.165) is 55.5 Å². The zero-order valence-corrected chi connectivity index (χ0v) is 54.7. The first kappa shape index (κ1) is 70.7. The molecule has 0 spiro atoms. The number of ether oxygens (including phenoxy) is 5. The molecule has 3 N–H and O–H groups in total. The summed E-state index contributed by atoms with van der Waals surface area (Å²) in [5.41, 5.74) is 1.26. The molecule has 2 bridgehead atoms. The summed E-state index contributed by atoms with van der Waals surface area (Å²) >= 11 is 0. The smallest absolute Gasteiger partial charge is 0.329 e. The quantitative estimate of drug-likeness (QED) is 0.0567. The molecule has 464 valence electrons. The molecule has 2 saturated heterocycles. The maximum absolute atomic E-state index is 14.9. The highest BCUT2D eigenvalue weighted by atomic mass is 28.4. The molecule has 1 amide bonds. The molecule has 16 nitrogen and oxygen atoms in total. The van der Waals surface area contributed by atoms with Gasteiger partial charge in [0, 0.05) is 58.5 Å². The maximum atomic E-state index is 14.9. The van der Waals surface area contributed by atoms with Crippen molar-refractivity contribution in [2.45, 2.75) is 270 Å². The van der Waals surface area contributed by atoms with Gasteiger partial charge in [-0.1, -0.05) is 100 Å². The molecule has 3 aliphatic heterocycles. The summed E-state index contributed by atoms with van der Waals surface area (Å²) in [5, 5.41) is 34.5. The lowest BCUT2D eigenvalue weighted by molar-refractivity contribution is -0.265. The average Bonchev–Trinajstić information content (AvgIpc) is 3.56. The molecular weight excluding hydrogens is 1070 g/mol. The van der Waals surface area contributed by atoms with E-state index in [0.29, 0.717) is 49.7 Å². The molecule has 0 aromatic heterocycles. The lowest BCUT2D eigenvalue weighted by atomic mass is 9.78. The van der Waals surface area contributed by atoms with Crippen LogP contribution in [0, 0.1) is 35.5 Å². The largest absolute Gasteiger partial charge is 0.460 e. The van der Waals surface area contributed by atoms with E-state index in [2.05, 4.69) is 41.5 Å². The van der Waals surface area contributed by atoms with Crippen molar-refractivity contribution in [3.05, 3.63) is 35.5 Å². The van der Waals surface area contributed by atoms with Crippen molar-refractivity contribution >= 4 is 45.9 Å². The van der Waals surface area contributed by atoms with Crippen molar-refractivity contribution in [2.24, 2.45) is 35.5 Å². The molecule has 0 unspecified atom stereocenters. The van der Waals surface area contributed by atoms with Gasteiger partial charge in [-0.05, 0) is 143 Å². The van der Waals surface area contributed by atoms with Crippen LogP contribution in [0.5, 0.6) is 0 Å². The Kier molecular flexibility index (Phi) is 28.5. The SMILES string of the molecule is CC[Si](CC)(CC)O[C@@H]1/C(C)=C\[C@@H](C)C(=O)C[C@@H]([C@H](C)C[C@@H]2CC[C@@H](O[Si](CC)(CC)CC)[C@H](OC)C2)OC(=O)[C@@H]2CCCCN2C(=O)C(=O)[C@]2(O)O[C@@H](CC[C@H]2C)C[C@H](OC)/C(C)=C\[C@@H](O)[C@H](O)/C=C\[C@@H](C)C[C@@H](C)C(=O)[C@@H]1OC. The van der Waals surface area contributed by atoms with Gasteiger partial charge < -0.3 is 52.8 Å². The highest BCUT2D eigenvalue weighted by molar-refractivity contribution is 6.74. The third-order valence-corrected chi connectivity index (χ3v) is 28.8. The Balaban J connectivity index is 1.81. The van der Waals surface area contributed by atoms with Crippen LogP contribution >= 0.6 is 0 Å². The molecule has 4 rings (SSSR count). The number of ketones is 3. The number of esters is 1. The van der Waals surface area contributed by atoms with Gasteiger partial charge in [-0.3, -0.25) is 19.2 Å². The number of fused-ring (bicyclic) bond motifs is 3. The van der Waals surface area contributed by atoms with E-state index < -0.39 is 107 Å². The summed E-state index contributed by atoms with van der Waals surface area (Å²) in [6, 6.07) is 4.38. The predicted molar refractivity (Wildman–Crippen MR) is 320 cm³/mol. The monoisotopic (exact) mass is 1180 g/mol. The van der Waals surface area contributed by atoms with Crippen LogP contribution in [-0.2, 0) is 56.5 Å². The number of rotatable bonds is 16. The van der Waals surface area contributed by atoms with Gasteiger partial charge in [-0.25, -0.2) is 4.79 Å². The summed E-state index contributed by atoms with van der Waals surface area (Å²) in [6.45, 7) is 26.0. The third kappa shape index (κ3) is 18.4. The van der Waals surface area contributed by atoms with E-state index in [9.17, 15) is 39.3 Å². The fourth-order valence-corrected chi connectivity index (χ4v) is 19.0. The Morgan fingerprint density at radius 3 is 1.93 bits per heavy atom. The number of aliphatic hydroxyl groups is 3. The molecule has 1 saturated carbocycles. The van der Waals surface area contributed by atoms with Gasteiger partial charge in [-0.15, -0.1) is 0 Å². The van der Waals surface area contributed by atoms with Gasteiger partial charge in [-0.2, -0.15) is 0 Å². The van der Waals surface area contributed by atoms with E-state index in [1.54, 1.807) is 27.0 Å². The minimum Gasteiger partial charge on any atom is -0.460 e. The van der Waals surface area contributed by atoms with Crippen LogP contribution in [0.15, 0.2) is 35.5 Å². The topological polar surface area (TPSA) is 214 Å². The normalized spacial score (nSPS) is 36.9. The first-order valence-corrected chi connectivity index (χ1v) is 36.2. The fraction of sp³-hybridized carbons (Fsp3) is 0.825. The minimum atomic E-state index is -2.51. The van der Waals surface area contributed by atoms with Crippen molar-refractivity contribution < 1.29 is 71.8 Å². The number of carbonyl (C=O) groups is 5.